The molecule has 1 atom stereocenters. The fraction of sp³-hybridized carbons (Fsp3) is 0.211. The van der Waals surface area contributed by atoms with Crippen LogP contribution in [0.25, 0.3) is 0 Å². The Morgan fingerprint density at radius 2 is 1.55 bits per heavy atom. The minimum atomic E-state index is -1.45. The summed E-state index contributed by atoms with van der Waals surface area (Å²) in [6.45, 7) is -0.294. The molecule has 0 spiro atoms. The molecule has 0 saturated carbocycles. The van der Waals surface area contributed by atoms with Gasteiger partial charge in [-0.2, -0.15) is 0 Å². The highest BCUT2D eigenvalue weighted by molar-refractivity contribution is 5.85. The number of nitrogens with one attached hydrogen (secondary N) is 1. The minimum absolute atomic E-state index is 0.0513. The van der Waals surface area contributed by atoms with Gasteiger partial charge in [-0.25, -0.2) is 9.59 Å². The van der Waals surface area contributed by atoms with E-state index in [1.807, 2.05) is 0 Å². The van der Waals surface area contributed by atoms with E-state index in [9.17, 15) is 24.5 Å². The molecule has 2 N–H and O–H groups in total. The van der Waals surface area contributed by atoms with E-state index in [-0.39, 0.29) is 18.9 Å². The van der Waals surface area contributed by atoms with E-state index in [0.29, 0.717) is 5.56 Å². The summed E-state index contributed by atoms with van der Waals surface area (Å²) in [6, 6.07) is 12.6. The van der Waals surface area contributed by atoms with E-state index < -0.39 is 35.4 Å². The zero-order valence-corrected chi connectivity index (χ0v) is 15.1. The molecule has 0 bridgehead atoms. The van der Waals surface area contributed by atoms with Gasteiger partial charge in [-0.15, -0.1) is 0 Å². The van der Waals surface area contributed by atoms with Crippen molar-refractivity contribution < 1.29 is 33.9 Å². The molecule has 2 aromatic rings. The normalized spacial score (nSPS) is 11.2. The molecule has 0 unspecified atom stereocenters. The van der Waals surface area contributed by atoms with Crippen molar-refractivity contribution >= 4 is 23.7 Å². The highest BCUT2D eigenvalue weighted by atomic mass is 16.6. The lowest BCUT2D eigenvalue weighted by atomic mass is 10.2. The van der Waals surface area contributed by atoms with Crippen molar-refractivity contribution in [3.63, 3.8) is 0 Å². The summed E-state index contributed by atoms with van der Waals surface area (Å²) in [5.74, 6) is -2.28. The molecule has 2 aromatic carbocycles. The van der Waals surface area contributed by atoms with E-state index in [1.54, 1.807) is 30.3 Å². The van der Waals surface area contributed by atoms with Crippen molar-refractivity contribution in [1.29, 1.82) is 0 Å². The molecule has 10 nitrogen and oxygen atoms in total. The number of esters is 1. The lowest BCUT2D eigenvalue weighted by molar-refractivity contribution is -0.384. The smallest absolute Gasteiger partial charge is 0.408 e. The Morgan fingerprint density at radius 1 is 0.966 bits per heavy atom. The van der Waals surface area contributed by atoms with E-state index in [1.165, 1.54) is 24.3 Å². The van der Waals surface area contributed by atoms with Crippen LogP contribution < -0.4 is 5.32 Å². The van der Waals surface area contributed by atoms with Gasteiger partial charge in [0.1, 0.15) is 19.3 Å². The lowest BCUT2D eigenvalue weighted by Crippen LogP contribution is -2.43. The Bertz CT molecular complexity index is 868. The zero-order chi connectivity index (χ0) is 21.2. The summed E-state index contributed by atoms with van der Waals surface area (Å²) in [6.07, 6.45) is -1.66. The second kappa shape index (κ2) is 10.4. The fourth-order valence-corrected chi connectivity index (χ4v) is 2.24. The first-order valence-electron chi connectivity index (χ1n) is 8.44. The van der Waals surface area contributed by atoms with E-state index >= 15 is 0 Å². The van der Waals surface area contributed by atoms with E-state index in [4.69, 9.17) is 14.6 Å². The molecule has 0 aliphatic carbocycles. The maximum atomic E-state index is 12.2. The highest BCUT2D eigenvalue weighted by Crippen LogP contribution is 2.13. The molecule has 0 radical (unpaired) electrons. The third kappa shape index (κ3) is 7.29. The van der Waals surface area contributed by atoms with Crippen molar-refractivity contribution in [3.05, 3.63) is 75.8 Å². The number of amides is 1. The number of alkyl carbamates (subject to hydrolysis) is 1. The third-order valence-corrected chi connectivity index (χ3v) is 3.70. The van der Waals surface area contributed by atoms with Crippen LogP contribution in [0.3, 0.4) is 0 Å². The summed E-state index contributed by atoms with van der Waals surface area (Å²) < 4.78 is 9.99. The maximum Gasteiger partial charge on any atom is 0.408 e. The van der Waals surface area contributed by atoms with Crippen LogP contribution in [0.2, 0.25) is 0 Å². The zero-order valence-electron chi connectivity index (χ0n) is 15.1. The number of non-ortho nitro benzene ring substituents is 1. The molecule has 0 heterocycles. The number of ether oxygens (including phenoxy) is 2. The van der Waals surface area contributed by atoms with E-state index in [0.717, 1.165) is 5.56 Å². The largest absolute Gasteiger partial charge is 0.481 e. The summed E-state index contributed by atoms with van der Waals surface area (Å²) in [7, 11) is 0. The number of carboxylic acids is 1. The van der Waals surface area contributed by atoms with Gasteiger partial charge in [-0.3, -0.25) is 14.9 Å². The predicted octanol–water partition coefficient (Wildman–Crippen LogP) is 2.41. The first kappa shape index (κ1) is 21.4. The van der Waals surface area contributed by atoms with Crippen LogP contribution in [0.4, 0.5) is 10.5 Å². The van der Waals surface area contributed by atoms with Gasteiger partial charge in [-0.05, 0) is 23.3 Å². The standard InChI is InChI=1S/C19H18N2O8/c22-17(23)10-16(20-19(25)29-12-13-4-2-1-3-5-13)18(24)28-11-14-6-8-15(9-7-14)21(26)27/h1-9,16H,10-12H2,(H,20,25)(H,22,23)/t16-/m0/s1. The van der Waals surface area contributed by atoms with Crippen molar-refractivity contribution in [3.8, 4) is 0 Å². The van der Waals surface area contributed by atoms with Crippen molar-refractivity contribution in [2.24, 2.45) is 0 Å². The molecule has 0 aliphatic heterocycles. The number of rotatable bonds is 9. The quantitative estimate of drug-likeness (QED) is 0.369. The monoisotopic (exact) mass is 402 g/mol. The van der Waals surface area contributed by atoms with Gasteiger partial charge in [0.25, 0.3) is 5.69 Å². The van der Waals surface area contributed by atoms with Crippen LogP contribution in [0.15, 0.2) is 54.6 Å². The van der Waals surface area contributed by atoms with Crippen molar-refractivity contribution in [1.82, 2.24) is 5.32 Å². The van der Waals surface area contributed by atoms with Gasteiger partial charge in [0, 0.05) is 12.1 Å². The number of carboxylic acid groups (broad SMARTS) is 1. The summed E-state index contributed by atoms with van der Waals surface area (Å²) >= 11 is 0. The number of nitro groups is 1. The first-order valence-corrected chi connectivity index (χ1v) is 8.44. The molecular formula is C19H18N2O8. The Balaban J connectivity index is 1.90. The van der Waals surface area contributed by atoms with Crippen LogP contribution in [0.1, 0.15) is 17.5 Å². The van der Waals surface area contributed by atoms with Crippen molar-refractivity contribution in [2.45, 2.75) is 25.7 Å². The predicted molar refractivity (Wildman–Crippen MR) is 98.7 cm³/mol. The highest BCUT2D eigenvalue weighted by Gasteiger charge is 2.26. The number of carbonyl (C=O) groups is 3. The molecule has 2 rings (SSSR count). The molecule has 1 amide bonds. The molecule has 0 aliphatic rings. The Kier molecular flexibility index (Phi) is 7.66. The number of carbonyl (C=O) groups excluding carboxylic acids is 2. The number of nitro benzene ring substituents is 1. The third-order valence-electron chi connectivity index (χ3n) is 3.70. The molecule has 0 saturated heterocycles. The Hall–Kier alpha value is -3.95. The maximum absolute atomic E-state index is 12.2. The number of hydrogen-bond acceptors (Lipinski definition) is 7. The number of nitrogens with zero attached hydrogens (tertiary/aromatic N) is 1. The van der Waals surface area contributed by atoms with E-state index in [2.05, 4.69) is 5.32 Å². The second-order valence-electron chi connectivity index (χ2n) is 5.89. The lowest BCUT2D eigenvalue weighted by Gasteiger charge is -2.16. The molecule has 152 valence electrons. The SMILES string of the molecule is O=C(O)C[C@H](NC(=O)OCc1ccccc1)C(=O)OCc1ccc([N+](=O)[O-])cc1. The van der Waals surface area contributed by atoms with Gasteiger partial charge < -0.3 is 19.9 Å². The van der Waals surface area contributed by atoms with Crippen LogP contribution in [-0.4, -0.2) is 34.1 Å². The van der Waals surface area contributed by atoms with Gasteiger partial charge in [0.2, 0.25) is 0 Å². The number of benzene rings is 2. The summed E-state index contributed by atoms with van der Waals surface area (Å²) in [5, 5.41) is 21.8. The van der Waals surface area contributed by atoms with Crippen LogP contribution in [-0.2, 0) is 32.3 Å². The number of hydrogen-bond donors (Lipinski definition) is 2. The Morgan fingerprint density at radius 3 is 2.14 bits per heavy atom. The second-order valence-corrected chi connectivity index (χ2v) is 5.89. The van der Waals surface area contributed by atoms with Gasteiger partial charge >= 0.3 is 18.0 Å². The number of aliphatic carboxylic acids is 1. The molecular weight excluding hydrogens is 384 g/mol. The minimum Gasteiger partial charge on any atom is -0.481 e. The van der Waals surface area contributed by atoms with Crippen LogP contribution >= 0.6 is 0 Å². The van der Waals surface area contributed by atoms with Crippen LogP contribution in [0, 0.1) is 10.1 Å². The molecule has 29 heavy (non-hydrogen) atoms. The molecule has 0 fully saturated rings. The van der Waals surface area contributed by atoms with Crippen molar-refractivity contribution in [2.75, 3.05) is 0 Å². The summed E-state index contributed by atoms with van der Waals surface area (Å²) in [4.78, 5) is 45.1. The van der Waals surface area contributed by atoms with Gasteiger partial charge in [-0.1, -0.05) is 30.3 Å². The first-order chi connectivity index (χ1) is 13.8. The summed E-state index contributed by atoms with van der Waals surface area (Å²) in [5.41, 5.74) is 1.06. The average Bonchev–Trinajstić information content (AvgIpc) is 2.70. The van der Waals surface area contributed by atoms with Crippen LogP contribution in [0.5, 0.6) is 0 Å². The molecule has 10 heteroatoms. The Labute approximate surface area is 165 Å². The molecule has 0 aromatic heterocycles. The topological polar surface area (TPSA) is 145 Å². The van der Waals surface area contributed by atoms with Gasteiger partial charge in [0.15, 0.2) is 0 Å². The average molecular weight is 402 g/mol. The fourth-order valence-electron chi connectivity index (χ4n) is 2.24. The van der Waals surface area contributed by atoms with Gasteiger partial charge in [0.05, 0.1) is 11.3 Å².